The van der Waals surface area contributed by atoms with Crippen molar-refractivity contribution in [2.45, 2.75) is 24.4 Å². The van der Waals surface area contributed by atoms with Gasteiger partial charge in [-0.3, -0.25) is 0 Å². The third-order valence-corrected chi connectivity index (χ3v) is 2.87. The van der Waals surface area contributed by atoms with E-state index in [4.69, 9.17) is 11.6 Å². The van der Waals surface area contributed by atoms with Crippen molar-refractivity contribution in [3.05, 3.63) is 29.0 Å². The first kappa shape index (κ1) is 9.77. The molecule has 0 bridgehead atoms. The first-order chi connectivity index (χ1) is 6.47. The Bertz CT molecular complexity index is 357. The molecule has 76 valence electrons. The molecule has 0 amide bonds. The highest BCUT2D eigenvalue weighted by molar-refractivity contribution is 6.30. The monoisotopic (exact) mass is 221 g/mol. The highest BCUT2D eigenvalue weighted by Crippen LogP contribution is 2.59. The zero-order chi connectivity index (χ0) is 10.4. The lowest BCUT2D eigenvalue weighted by atomic mass is 9.97. The van der Waals surface area contributed by atoms with Gasteiger partial charge in [0.1, 0.15) is 5.15 Å². The second-order valence-corrected chi connectivity index (χ2v) is 3.78. The number of pyridine rings is 1. The Morgan fingerprint density at radius 3 is 2.43 bits per heavy atom. The molecule has 0 spiro atoms. The maximum atomic E-state index is 12.7. The van der Waals surface area contributed by atoms with E-state index in [2.05, 4.69) is 4.98 Å². The summed E-state index contributed by atoms with van der Waals surface area (Å²) in [5, 5.41) is -0.0395. The Balaban J connectivity index is 2.46. The molecule has 0 radical (unpaired) electrons. The standard InChI is InChI=1S/C9H7ClF3N/c10-7-6(2-1-5-14-7)8(3-4-8)9(11,12)13/h1-2,5H,3-4H2. The SMILES string of the molecule is FC(F)(F)C1(c2cccnc2Cl)CC1. The molecule has 0 unspecified atom stereocenters. The van der Waals surface area contributed by atoms with Crippen molar-refractivity contribution in [2.24, 2.45) is 0 Å². The Morgan fingerprint density at radius 2 is 2.00 bits per heavy atom. The summed E-state index contributed by atoms with van der Waals surface area (Å²) in [7, 11) is 0. The van der Waals surface area contributed by atoms with Gasteiger partial charge in [-0.15, -0.1) is 0 Å². The van der Waals surface area contributed by atoms with E-state index in [0.717, 1.165) is 0 Å². The molecular formula is C9H7ClF3N. The summed E-state index contributed by atoms with van der Waals surface area (Å²) in [5.41, 5.74) is -1.62. The molecule has 14 heavy (non-hydrogen) atoms. The summed E-state index contributed by atoms with van der Waals surface area (Å²) in [6, 6.07) is 2.88. The van der Waals surface area contributed by atoms with Gasteiger partial charge in [0.2, 0.25) is 0 Å². The number of alkyl halides is 3. The Kier molecular flexibility index (Phi) is 2.00. The van der Waals surface area contributed by atoms with Crippen LogP contribution in [0.4, 0.5) is 13.2 Å². The largest absolute Gasteiger partial charge is 0.398 e. The smallest absolute Gasteiger partial charge is 0.244 e. The number of aromatic nitrogens is 1. The van der Waals surface area contributed by atoms with Gasteiger partial charge in [0.05, 0.1) is 5.41 Å². The summed E-state index contributed by atoms with van der Waals surface area (Å²) in [5.74, 6) is 0. The molecule has 1 aromatic heterocycles. The van der Waals surface area contributed by atoms with Gasteiger partial charge in [0.25, 0.3) is 0 Å². The van der Waals surface area contributed by atoms with Gasteiger partial charge in [-0.1, -0.05) is 17.7 Å². The van der Waals surface area contributed by atoms with Crippen molar-refractivity contribution < 1.29 is 13.2 Å². The van der Waals surface area contributed by atoms with Gasteiger partial charge in [0.15, 0.2) is 0 Å². The van der Waals surface area contributed by atoms with Gasteiger partial charge in [0, 0.05) is 11.8 Å². The fourth-order valence-corrected chi connectivity index (χ4v) is 1.87. The van der Waals surface area contributed by atoms with Crippen LogP contribution in [0.2, 0.25) is 5.15 Å². The molecule has 1 fully saturated rings. The van der Waals surface area contributed by atoms with Crippen molar-refractivity contribution in [2.75, 3.05) is 0 Å². The average Bonchev–Trinajstić information content (AvgIpc) is 2.84. The first-order valence-corrected chi connectivity index (χ1v) is 4.53. The van der Waals surface area contributed by atoms with Crippen molar-refractivity contribution in [1.82, 2.24) is 4.98 Å². The Hall–Kier alpha value is -0.770. The lowest BCUT2D eigenvalue weighted by molar-refractivity contribution is -0.160. The molecule has 1 aliphatic rings. The molecule has 1 heterocycles. The Labute approximate surface area is 83.9 Å². The highest BCUT2D eigenvalue weighted by atomic mass is 35.5. The highest BCUT2D eigenvalue weighted by Gasteiger charge is 2.65. The quantitative estimate of drug-likeness (QED) is 0.663. The molecule has 5 heteroatoms. The fourth-order valence-electron chi connectivity index (χ4n) is 1.57. The summed E-state index contributed by atoms with van der Waals surface area (Å²) in [6.07, 6.45) is -2.61. The van der Waals surface area contributed by atoms with E-state index in [1.807, 2.05) is 0 Å². The summed E-state index contributed by atoms with van der Waals surface area (Å²) >= 11 is 5.64. The van der Waals surface area contributed by atoms with E-state index in [0.29, 0.717) is 0 Å². The number of rotatable bonds is 1. The maximum Gasteiger partial charge on any atom is 0.398 e. The molecule has 0 saturated heterocycles. The van der Waals surface area contributed by atoms with Crippen LogP contribution in [0, 0.1) is 0 Å². The van der Waals surface area contributed by atoms with Crippen LogP contribution in [-0.4, -0.2) is 11.2 Å². The number of hydrogen-bond acceptors (Lipinski definition) is 1. The van der Waals surface area contributed by atoms with Crippen molar-refractivity contribution in [3.63, 3.8) is 0 Å². The van der Waals surface area contributed by atoms with Gasteiger partial charge in [-0.2, -0.15) is 13.2 Å². The lowest BCUT2D eigenvalue weighted by Crippen LogP contribution is -2.29. The third kappa shape index (κ3) is 1.29. The maximum absolute atomic E-state index is 12.7. The predicted octanol–water partition coefficient (Wildman–Crippen LogP) is 3.33. The van der Waals surface area contributed by atoms with Gasteiger partial charge in [-0.25, -0.2) is 4.98 Å². The molecule has 1 aromatic rings. The molecule has 0 N–H and O–H groups in total. The lowest BCUT2D eigenvalue weighted by Gasteiger charge is -2.19. The van der Waals surface area contributed by atoms with Crippen LogP contribution in [0.1, 0.15) is 18.4 Å². The molecule has 1 saturated carbocycles. The van der Waals surface area contributed by atoms with Crippen molar-refractivity contribution in [3.8, 4) is 0 Å². The van der Waals surface area contributed by atoms with Crippen LogP contribution < -0.4 is 0 Å². The molecule has 0 atom stereocenters. The second kappa shape index (κ2) is 2.86. The van der Waals surface area contributed by atoms with Crippen LogP contribution in [-0.2, 0) is 5.41 Å². The normalized spacial score (nSPS) is 19.4. The minimum Gasteiger partial charge on any atom is -0.244 e. The minimum atomic E-state index is -4.22. The first-order valence-electron chi connectivity index (χ1n) is 4.15. The van der Waals surface area contributed by atoms with E-state index in [-0.39, 0.29) is 23.6 Å². The Morgan fingerprint density at radius 1 is 1.36 bits per heavy atom. The molecule has 1 nitrogen and oxygen atoms in total. The molecule has 1 aliphatic carbocycles. The summed E-state index contributed by atoms with van der Waals surface area (Å²) < 4.78 is 38.0. The van der Waals surface area contributed by atoms with Crippen LogP contribution in [0.5, 0.6) is 0 Å². The van der Waals surface area contributed by atoms with Crippen LogP contribution in [0.25, 0.3) is 0 Å². The zero-order valence-corrected chi connectivity index (χ0v) is 7.86. The second-order valence-electron chi connectivity index (χ2n) is 3.42. The van der Waals surface area contributed by atoms with Crippen molar-refractivity contribution >= 4 is 11.6 Å². The molecular weight excluding hydrogens is 215 g/mol. The minimum absolute atomic E-state index is 0.0395. The summed E-state index contributed by atoms with van der Waals surface area (Å²) in [4.78, 5) is 3.66. The van der Waals surface area contributed by atoms with E-state index in [9.17, 15) is 13.2 Å². The van der Waals surface area contributed by atoms with Gasteiger partial charge in [-0.05, 0) is 18.9 Å². The number of hydrogen-bond donors (Lipinski definition) is 0. The topological polar surface area (TPSA) is 12.9 Å². The van der Waals surface area contributed by atoms with Gasteiger partial charge >= 0.3 is 6.18 Å². The molecule has 2 rings (SSSR count). The van der Waals surface area contributed by atoms with Crippen LogP contribution in [0.15, 0.2) is 18.3 Å². The average molecular weight is 222 g/mol. The predicted molar refractivity (Wildman–Crippen MR) is 46.2 cm³/mol. The van der Waals surface area contributed by atoms with Crippen LogP contribution in [0.3, 0.4) is 0 Å². The zero-order valence-electron chi connectivity index (χ0n) is 7.11. The van der Waals surface area contributed by atoms with E-state index < -0.39 is 11.6 Å². The van der Waals surface area contributed by atoms with E-state index >= 15 is 0 Å². The van der Waals surface area contributed by atoms with E-state index in [1.54, 1.807) is 0 Å². The van der Waals surface area contributed by atoms with Gasteiger partial charge < -0.3 is 0 Å². The number of nitrogens with zero attached hydrogens (tertiary/aromatic N) is 1. The number of halogens is 4. The summed E-state index contributed by atoms with van der Waals surface area (Å²) in [6.45, 7) is 0. The van der Waals surface area contributed by atoms with Crippen molar-refractivity contribution in [1.29, 1.82) is 0 Å². The molecule has 0 aromatic carbocycles. The van der Waals surface area contributed by atoms with Crippen LogP contribution >= 0.6 is 11.6 Å². The third-order valence-electron chi connectivity index (χ3n) is 2.57. The van der Waals surface area contributed by atoms with E-state index in [1.165, 1.54) is 18.3 Å². The molecule has 0 aliphatic heterocycles. The fraction of sp³-hybridized carbons (Fsp3) is 0.444.